The van der Waals surface area contributed by atoms with E-state index in [0.29, 0.717) is 6.42 Å². The summed E-state index contributed by atoms with van der Waals surface area (Å²) < 4.78 is 1.07. The summed E-state index contributed by atoms with van der Waals surface area (Å²) in [6.45, 7) is 0. The highest BCUT2D eigenvalue weighted by molar-refractivity contribution is 9.10. The Labute approximate surface area is 145 Å². The first-order chi connectivity index (χ1) is 10.8. The average Bonchev–Trinajstić information content (AvgIpc) is 2.97. The van der Waals surface area contributed by atoms with Gasteiger partial charge in [-0.15, -0.1) is 23.1 Å². The van der Waals surface area contributed by atoms with Gasteiger partial charge in [-0.3, -0.25) is 0 Å². The first-order valence-corrected chi connectivity index (χ1v) is 9.43. The normalized spacial score (nSPS) is 10.7. The van der Waals surface area contributed by atoms with Crippen LogP contribution in [0.5, 0.6) is 0 Å². The summed E-state index contributed by atoms with van der Waals surface area (Å²) >= 11 is 6.81. The van der Waals surface area contributed by atoms with Crippen molar-refractivity contribution in [2.45, 2.75) is 17.9 Å². The van der Waals surface area contributed by atoms with Gasteiger partial charge in [0, 0.05) is 27.6 Å². The summed E-state index contributed by atoms with van der Waals surface area (Å²) in [5.74, 6) is 0.898. The first kappa shape index (κ1) is 15.5. The molecule has 110 valence electrons. The Morgan fingerprint density at radius 2 is 2.05 bits per heavy atom. The van der Waals surface area contributed by atoms with Crippen LogP contribution in [0.4, 0.5) is 0 Å². The van der Waals surface area contributed by atoms with Crippen molar-refractivity contribution >= 4 is 49.2 Å². The second-order valence-electron chi connectivity index (χ2n) is 4.63. The molecular weight excluding hydrogens is 378 g/mol. The topological polar surface area (TPSA) is 49.6 Å². The molecule has 0 unspecified atom stereocenters. The molecule has 22 heavy (non-hydrogen) atoms. The maximum atomic E-state index is 8.63. The summed E-state index contributed by atoms with van der Waals surface area (Å²) in [6.07, 6.45) is 3.09. The van der Waals surface area contributed by atoms with E-state index in [-0.39, 0.29) is 0 Å². The number of nitriles is 1. The van der Waals surface area contributed by atoms with Crippen molar-refractivity contribution in [2.75, 3.05) is 5.75 Å². The zero-order valence-corrected chi connectivity index (χ0v) is 14.8. The van der Waals surface area contributed by atoms with E-state index in [2.05, 4.69) is 49.5 Å². The van der Waals surface area contributed by atoms with E-state index in [1.807, 2.05) is 12.1 Å². The van der Waals surface area contributed by atoms with Crippen LogP contribution in [0.25, 0.3) is 21.3 Å². The summed E-state index contributed by atoms with van der Waals surface area (Å²) in [4.78, 5) is 9.84. The Hall–Kier alpha value is -1.42. The fourth-order valence-corrected chi connectivity index (χ4v) is 4.32. The minimum atomic E-state index is 0.588. The van der Waals surface area contributed by atoms with Crippen LogP contribution in [0.15, 0.2) is 45.5 Å². The van der Waals surface area contributed by atoms with Crippen molar-refractivity contribution in [3.63, 3.8) is 0 Å². The van der Waals surface area contributed by atoms with Crippen LogP contribution < -0.4 is 0 Å². The molecule has 0 saturated heterocycles. The molecule has 3 rings (SSSR count). The standard InChI is InChI=1S/C16H12BrN3S2/c17-12-5-3-11(4-6-12)13-9-22-16-14(13)15(19-10-20-16)21-8-2-1-7-18/h3-6,9-10H,1-2,8H2. The molecule has 2 aromatic heterocycles. The molecule has 0 radical (unpaired) electrons. The summed E-state index contributed by atoms with van der Waals surface area (Å²) in [5.41, 5.74) is 2.35. The van der Waals surface area contributed by atoms with Crippen molar-refractivity contribution in [2.24, 2.45) is 0 Å². The maximum Gasteiger partial charge on any atom is 0.128 e. The van der Waals surface area contributed by atoms with Gasteiger partial charge >= 0.3 is 0 Å². The van der Waals surface area contributed by atoms with Crippen molar-refractivity contribution in [1.29, 1.82) is 5.26 Å². The lowest BCUT2D eigenvalue weighted by Crippen LogP contribution is -1.87. The zero-order valence-electron chi connectivity index (χ0n) is 11.6. The third-order valence-electron chi connectivity index (χ3n) is 3.16. The van der Waals surface area contributed by atoms with Crippen LogP contribution in [-0.2, 0) is 0 Å². The second-order valence-corrected chi connectivity index (χ2v) is 7.48. The van der Waals surface area contributed by atoms with Crippen LogP contribution in [0.2, 0.25) is 0 Å². The average molecular weight is 390 g/mol. The smallest absolute Gasteiger partial charge is 0.128 e. The van der Waals surface area contributed by atoms with E-state index in [9.17, 15) is 0 Å². The van der Waals surface area contributed by atoms with Crippen LogP contribution in [0.1, 0.15) is 12.8 Å². The summed E-state index contributed by atoms with van der Waals surface area (Å²) in [7, 11) is 0. The van der Waals surface area contributed by atoms with Crippen LogP contribution in [-0.4, -0.2) is 15.7 Å². The minimum Gasteiger partial charge on any atom is -0.229 e. The van der Waals surface area contributed by atoms with Gasteiger partial charge in [0.05, 0.1) is 11.5 Å². The first-order valence-electron chi connectivity index (χ1n) is 6.77. The fraction of sp³-hybridized carbons (Fsp3) is 0.188. The molecule has 0 N–H and O–H groups in total. The Kier molecular flexibility index (Phi) is 5.08. The molecule has 1 aromatic carbocycles. The molecule has 0 fully saturated rings. The van der Waals surface area contributed by atoms with E-state index in [1.54, 1.807) is 29.4 Å². The number of thiophene rings is 1. The van der Waals surface area contributed by atoms with Gasteiger partial charge < -0.3 is 0 Å². The van der Waals surface area contributed by atoms with E-state index in [4.69, 9.17) is 5.26 Å². The lowest BCUT2D eigenvalue weighted by atomic mass is 10.1. The SMILES string of the molecule is N#CCCCSc1ncnc2scc(-c3ccc(Br)cc3)c12. The maximum absolute atomic E-state index is 8.63. The third kappa shape index (κ3) is 3.32. The molecule has 0 aliphatic heterocycles. The van der Waals surface area contributed by atoms with Crippen molar-refractivity contribution in [1.82, 2.24) is 9.97 Å². The highest BCUT2D eigenvalue weighted by atomic mass is 79.9. The lowest BCUT2D eigenvalue weighted by molar-refractivity contribution is 0.977. The lowest BCUT2D eigenvalue weighted by Gasteiger charge is -2.05. The van der Waals surface area contributed by atoms with Gasteiger partial charge in [-0.25, -0.2) is 9.97 Å². The number of hydrogen-bond donors (Lipinski definition) is 0. The van der Waals surface area contributed by atoms with Gasteiger partial charge in [0.15, 0.2) is 0 Å². The molecule has 0 amide bonds. The molecule has 2 heterocycles. The van der Waals surface area contributed by atoms with E-state index in [0.717, 1.165) is 31.9 Å². The van der Waals surface area contributed by atoms with Gasteiger partial charge in [-0.05, 0) is 24.1 Å². The number of thioether (sulfide) groups is 1. The number of unbranched alkanes of at least 4 members (excludes halogenated alkanes) is 1. The molecule has 0 bridgehead atoms. The predicted molar refractivity (Wildman–Crippen MR) is 96.1 cm³/mol. The number of aromatic nitrogens is 2. The summed E-state index contributed by atoms with van der Waals surface area (Å²) in [6, 6.07) is 10.5. The third-order valence-corrected chi connectivity index (χ3v) is 5.65. The number of hydrogen-bond acceptors (Lipinski definition) is 5. The van der Waals surface area contributed by atoms with Crippen molar-refractivity contribution < 1.29 is 0 Å². The Balaban J connectivity index is 1.97. The van der Waals surface area contributed by atoms with Gasteiger partial charge in [0.2, 0.25) is 0 Å². The molecule has 3 nitrogen and oxygen atoms in total. The number of benzene rings is 1. The number of fused-ring (bicyclic) bond motifs is 1. The Bertz CT molecular complexity index is 822. The molecule has 6 heteroatoms. The minimum absolute atomic E-state index is 0.588. The van der Waals surface area contributed by atoms with E-state index < -0.39 is 0 Å². The predicted octanol–water partition coefficient (Wildman–Crippen LogP) is 5.52. The molecular formula is C16H12BrN3S2. The van der Waals surface area contributed by atoms with Gasteiger partial charge in [-0.1, -0.05) is 28.1 Å². The zero-order chi connectivity index (χ0) is 15.4. The second kappa shape index (κ2) is 7.23. The van der Waals surface area contributed by atoms with E-state index >= 15 is 0 Å². The van der Waals surface area contributed by atoms with Gasteiger partial charge in [0.25, 0.3) is 0 Å². The number of nitrogens with zero attached hydrogens (tertiary/aromatic N) is 3. The van der Waals surface area contributed by atoms with Gasteiger partial charge in [0.1, 0.15) is 16.2 Å². The molecule has 0 saturated carbocycles. The highest BCUT2D eigenvalue weighted by Crippen LogP contribution is 2.38. The van der Waals surface area contributed by atoms with E-state index in [1.165, 1.54) is 11.1 Å². The number of rotatable bonds is 5. The number of halogens is 1. The monoisotopic (exact) mass is 389 g/mol. The fourth-order valence-electron chi connectivity index (χ4n) is 2.12. The molecule has 3 aromatic rings. The molecule has 0 spiro atoms. The largest absolute Gasteiger partial charge is 0.229 e. The van der Waals surface area contributed by atoms with Crippen molar-refractivity contribution in [3.8, 4) is 17.2 Å². The molecule has 0 aliphatic rings. The highest BCUT2D eigenvalue weighted by Gasteiger charge is 2.13. The van der Waals surface area contributed by atoms with Crippen molar-refractivity contribution in [3.05, 3.63) is 40.4 Å². The van der Waals surface area contributed by atoms with Gasteiger partial charge in [-0.2, -0.15) is 5.26 Å². The summed E-state index contributed by atoms with van der Waals surface area (Å²) in [5, 5.41) is 12.9. The molecule has 0 aliphatic carbocycles. The Morgan fingerprint density at radius 1 is 1.23 bits per heavy atom. The Morgan fingerprint density at radius 3 is 2.82 bits per heavy atom. The van der Waals surface area contributed by atoms with Crippen LogP contribution >= 0.6 is 39.0 Å². The molecule has 0 atom stereocenters. The van der Waals surface area contributed by atoms with Crippen LogP contribution in [0, 0.1) is 11.3 Å². The quantitative estimate of drug-likeness (QED) is 0.327. The van der Waals surface area contributed by atoms with Crippen LogP contribution in [0.3, 0.4) is 0 Å².